The van der Waals surface area contributed by atoms with Gasteiger partial charge >= 0.3 is 6.92 Å². The monoisotopic (exact) mass is 722 g/mol. The van der Waals surface area contributed by atoms with Gasteiger partial charge in [-0.05, 0) is 56.5 Å². The van der Waals surface area contributed by atoms with E-state index in [1.54, 1.807) is 0 Å². The molecule has 1 aromatic heterocycles. The highest BCUT2D eigenvalue weighted by Crippen LogP contribution is 2.42. The third-order valence-corrected chi connectivity index (χ3v) is 13.4. The number of ether oxygens (including phenoxy) is 1. The average Bonchev–Trinajstić information content (AvgIpc) is 1.69. The molecule has 0 radical (unpaired) electrons. The van der Waals surface area contributed by atoms with Crippen molar-refractivity contribution in [1.82, 2.24) is 4.57 Å². The summed E-state index contributed by atoms with van der Waals surface area (Å²) in [6.07, 6.45) is 0. The molecule has 0 N–H and O–H groups in total. The Morgan fingerprint density at radius 1 is 0.491 bits per heavy atom. The Kier molecular flexibility index (Phi) is 2.91. The van der Waals surface area contributed by atoms with Gasteiger partial charge in [0.05, 0.1) is 56.5 Å². The van der Waals surface area contributed by atoms with Crippen LogP contribution in [-0.4, -0.2) is 19.6 Å². The fourth-order valence-corrected chi connectivity index (χ4v) is 11.0. The molecule has 53 heavy (non-hydrogen) atoms. The van der Waals surface area contributed by atoms with E-state index in [1.807, 2.05) is 0 Å². The van der Waals surface area contributed by atoms with E-state index in [9.17, 15) is 16.4 Å². The van der Waals surface area contributed by atoms with Crippen LogP contribution in [0, 0.1) is 0 Å². The maximum Gasteiger partial charge on any atom is 0.434 e. The Bertz CT molecular complexity index is 4210. The first kappa shape index (κ1) is 13.1. The summed E-state index contributed by atoms with van der Waals surface area (Å²) in [5.41, 5.74) is -3.01. The molecule has 11 rings (SSSR count). The molecule has 3 heterocycles. The molecule has 8 aromatic carbocycles. The van der Waals surface area contributed by atoms with Crippen LogP contribution >= 0.6 is 0 Å². The smallest absolute Gasteiger partial charge is 0.434 e. The van der Waals surface area contributed by atoms with Crippen molar-refractivity contribution >= 4 is 68.5 Å². The maximum atomic E-state index is 9.64. The minimum absolute atomic E-state index is 0.200. The highest BCUT2D eigenvalue weighted by Gasteiger charge is 2.46. The van der Waals surface area contributed by atoms with Gasteiger partial charge in [-0.25, -0.2) is 0 Å². The van der Waals surface area contributed by atoms with E-state index in [0.717, 1.165) is 22.8 Å². The molecule has 0 amide bonds. The molecule has 0 aliphatic carbocycles. The summed E-state index contributed by atoms with van der Waals surface area (Å²) in [6, 6.07) is -24.7. The summed E-state index contributed by atoms with van der Waals surface area (Å²) in [5.74, 6) is -1.77. The molecule has 9 aromatic rings. The van der Waals surface area contributed by atoms with Crippen LogP contribution in [0.25, 0.3) is 38.6 Å². The first-order chi connectivity index (χ1) is 38.3. The van der Waals surface area contributed by atoms with Crippen LogP contribution in [0.3, 0.4) is 0 Å². The molecule has 0 saturated carbocycles. The normalized spacial score (nSPS) is 20.5. The van der Waals surface area contributed by atoms with Gasteiger partial charge in [-0.2, -0.15) is 0 Å². The second kappa shape index (κ2) is 11.7. The average molecular weight is 723 g/mol. The Morgan fingerprint density at radius 3 is 1.66 bits per heavy atom. The van der Waals surface area contributed by atoms with E-state index in [1.165, 1.54) is 0 Å². The van der Waals surface area contributed by atoms with Crippen LogP contribution in [-0.2, 0) is 0 Å². The molecular weight excluding hydrogens is 661 g/mol. The van der Waals surface area contributed by atoms with Crippen LogP contribution in [0.4, 0.5) is 0 Å². The summed E-state index contributed by atoms with van der Waals surface area (Å²) in [5, 5.41) is -4.28. The van der Waals surface area contributed by atoms with Gasteiger partial charge in [0.15, 0.2) is 8.07 Å². The maximum absolute atomic E-state index is 9.64. The summed E-state index contributed by atoms with van der Waals surface area (Å²) >= 11 is 0. The third-order valence-electron chi connectivity index (χ3n) is 9.27. The highest BCUT2D eigenvalue weighted by atomic mass is 28.3. The van der Waals surface area contributed by atoms with Gasteiger partial charge in [-0.3, -0.25) is 0 Å². The van der Waals surface area contributed by atoms with Crippen LogP contribution in [0.1, 0.15) is 39.8 Å². The van der Waals surface area contributed by atoms with E-state index in [-0.39, 0.29) is 16.5 Å². The Morgan fingerprint density at radius 2 is 1.04 bits per heavy atom. The van der Waals surface area contributed by atoms with Gasteiger partial charge in [-0.1, -0.05) is 163 Å². The van der Waals surface area contributed by atoms with Crippen LogP contribution in [0.5, 0.6) is 17.2 Å². The van der Waals surface area contributed by atoms with Gasteiger partial charge in [0.1, 0.15) is 17.2 Å². The predicted octanol–water partition coefficient (Wildman–Crippen LogP) is 7.43. The van der Waals surface area contributed by atoms with E-state index in [2.05, 4.69) is 0 Å². The van der Waals surface area contributed by atoms with Crippen LogP contribution in [0.2, 0.25) is 0 Å². The second-order valence-electron chi connectivity index (χ2n) is 11.8. The molecule has 0 unspecified atom stereocenters. The minimum Gasteiger partial charge on any atom is -0.551 e. The number of para-hydroxylation sites is 4. The lowest BCUT2D eigenvalue weighted by Crippen LogP contribution is -2.75. The Hall–Kier alpha value is -6.56. The first-order valence-electron chi connectivity index (χ1n) is 30.3. The number of fused-ring (bicyclic) bond motifs is 7. The lowest BCUT2D eigenvalue weighted by atomic mass is 9.51. The SMILES string of the molecule is [2H]c1cc2c(c(-n3c4c([2H])c([2H])c([2H])c([2H])c4c4c([2H])c([2H])c([2H])c([2H])c43)c1[2H])Oc1cc([Si](c3c([2H])c([2H])c([2H])c([2H])c3[2H])(c3c([2H])c([2H])c([2H])c([2H])c3[2H])c3c([2H])c([2H])c([2H])c([2H])c3[2H])cc3c1B2Oc1c([2H])c([2H])c([2H])c([2H])c1-3. The van der Waals surface area contributed by atoms with Crippen molar-refractivity contribution in [2.45, 2.75) is 0 Å². The molecule has 3 nitrogen and oxygen atoms in total. The number of benzene rings is 8. The van der Waals surface area contributed by atoms with Crippen molar-refractivity contribution in [3.05, 3.63) is 193 Å². The van der Waals surface area contributed by atoms with Crippen molar-refractivity contribution in [3.8, 4) is 34.1 Å². The zero-order valence-corrected chi connectivity index (χ0v) is 27.6. The number of aromatic nitrogens is 1. The molecule has 0 saturated heterocycles. The topological polar surface area (TPSA) is 23.4 Å². The number of hydrogen-bond donors (Lipinski definition) is 0. The minimum atomic E-state index is -6.06. The van der Waals surface area contributed by atoms with E-state index in [4.69, 9.17) is 32.7 Å². The fourth-order valence-electron chi connectivity index (χ4n) is 7.16. The molecule has 0 bridgehead atoms. The number of nitrogens with zero attached hydrogens (tertiary/aromatic N) is 1. The van der Waals surface area contributed by atoms with E-state index >= 15 is 0 Å². The quantitative estimate of drug-likeness (QED) is 0.136. The van der Waals surface area contributed by atoms with Gasteiger partial charge in [0, 0.05) is 27.3 Å². The van der Waals surface area contributed by atoms with Crippen molar-refractivity contribution in [2.75, 3.05) is 0 Å². The summed E-state index contributed by atoms with van der Waals surface area (Å²) in [7, 11) is -6.06. The highest BCUT2D eigenvalue weighted by molar-refractivity contribution is 7.20. The third kappa shape index (κ3) is 4.35. The molecule has 5 heteroatoms. The Labute approximate surface area is 350 Å². The zero-order chi connectivity index (χ0) is 60.2. The largest absolute Gasteiger partial charge is 0.551 e. The van der Waals surface area contributed by atoms with E-state index < -0.39 is 261 Å². The zero-order valence-electron chi connectivity index (χ0n) is 55.6. The molecule has 2 aliphatic heterocycles. The van der Waals surface area contributed by atoms with Crippen molar-refractivity contribution in [2.24, 2.45) is 0 Å². The number of rotatable bonds is 5. The predicted molar refractivity (Wildman–Crippen MR) is 222 cm³/mol. The number of hydrogen-bond acceptors (Lipinski definition) is 2. The summed E-state index contributed by atoms with van der Waals surface area (Å²) < 4.78 is 279. The standard InChI is InChI=1S/C48H32BNO2Si/c1-4-17-33(18-5-1)53(34-19-6-2-7-20-34,35-21-8-3-9-22-35)36-31-40-39-25-12-15-30-45(39)52-49-41-26-16-29-44(48(41)51-46(32-36)47(40)49)50-42-27-13-10-23-37(42)38-24-11-14-28-43(38)50/h1-32H/i1D,2D,3D,4D,5D,6D,7D,8D,9D,10D,11D,12D,13D,14D,15D,16D,17D,18D,19D,20D,21D,22D,23D,24D,25D,27D,28D,29D,30D. The van der Waals surface area contributed by atoms with Crippen LogP contribution < -0.4 is 41.1 Å². The summed E-state index contributed by atoms with van der Waals surface area (Å²) in [6.45, 7) is -1.76. The molecule has 248 valence electrons. The van der Waals surface area contributed by atoms with Gasteiger partial charge in [0.2, 0.25) is 0 Å². The lowest BCUT2D eigenvalue weighted by molar-refractivity contribution is 0.478. The van der Waals surface area contributed by atoms with Crippen molar-refractivity contribution < 1.29 is 49.1 Å². The first-order valence-corrected chi connectivity index (χ1v) is 17.8. The lowest BCUT2D eigenvalue weighted by Gasteiger charge is -2.38. The van der Waals surface area contributed by atoms with Gasteiger partial charge in [-0.15, -0.1) is 0 Å². The molecule has 0 atom stereocenters. The van der Waals surface area contributed by atoms with Crippen LogP contribution in [0.15, 0.2) is 193 Å². The van der Waals surface area contributed by atoms with Gasteiger partial charge < -0.3 is 14.0 Å². The fraction of sp³-hybridized carbons (Fsp3) is 0. The Balaban J connectivity index is 1.43. The van der Waals surface area contributed by atoms with Gasteiger partial charge in [0.25, 0.3) is 0 Å². The van der Waals surface area contributed by atoms with Crippen molar-refractivity contribution in [1.29, 1.82) is 0 Å². The molecule has 0 spiro atoms. The molecule has 2 aliphatic rings. The summed E-state index contributed by atoms with van der Waals surface area (Å²) in [4.78, 5) is 0. The molecular formula is C48H32BNO2Si. The molecule has 0 fully saturated rings. The van der Waals surface area contributed by atoms with E-state index in [0.29, 0.717) is 0 Å². The second-order valence-corrected chi connectivity index (χ2v) is 15.4. The van der Waals surface area contributed by atoms with Crippen molar-refractivity contribution in [3.63, 3.8) is 0 Å².